The van der Waals surface area contributed by atoms with Crippen LogP contribution in [0.5, 0.6) is 11.5 Å². The molecule has 7 nitrogen and oxygen atoms in total. The first kappa shape index (κ1) is 19.3. The molecular formula is C20H20FN3O4. The van der Waals surface area contributed by atoms with Crippen LogP contribution in [0.1, 0.15) is 11.5 Å². The molecule has 0 spiro atoms. The summed E-state index contributed by atoms with van der Waals surface area (Å²) in [5.74, 6) is 1.50. The molecule has 0 atom stereocenters. The van der Waals surface area contributed by atoms with Gasteiger partial charge in [-0.3, -0.25) is 4.79 Å². The maximum absolute atomic E-state index is 13.0. The standard InChI is InChI=1S/C20H20FN3O4/c1-26-16-8-3-13(11-17(16)27-2)12-18(25)22-10-9-19-23-20(24-28-19)14-4-6-15(21)7-5-14/h3-8,11H,9-10,12H2,1-2H3,(H,22,25). The Kier molecular flexibility index (Phi) is 6.21. The van der Waals surface area contributed by atoms with Gasteiger partial charge in [-0.15, -0.1) is 0 Å². The molecule has 0 aliphatic carbocycles. The summed E-state index contributed by atoms with van der Waals surface area (Å²) < 4.78 is 28.6. The normalized spacial score (nSPS) is 10.5. The van der Waals surface area contributed by atoms with Crippen molar-refractivity contribution in [3.8, 4) is 22.9 Å². The van der Waals surface area contributed by atoms with Crippen LogP contribution in [-0.2, 0) is 17.6 Å². The Morgan fingerprint density at radius 3 is 2.57 bits per heavy atom. The molecule has 0 saturated heterocycles. The second kappa shape index (κ2) is 8.98. The fourth-order valence-electron chi connectivity index (χ4n) is 2.62. The van der Waals surface area contributed by atoms with Crippen LogP contribution in [0.15, 0.2) is 47.0 Å². The van der Waals surface area contributed by atoms with Crippen LogP contribution in [0.3, 0.4) is 0 Å². The molecule has 1 heterocycles. The van der Waals surface area contributed by atoms with E-state index in [0.29, 0.717) is 41.7 Å². The minimum absolute atomic E-state index is 0.134. The Hall–Kier alpha value is -3.42. The van der Waals surface area contributed by atoms with Crippen LogP contribution < -0.4 is 14.8 Å². The third-order valence-corrected chi connectivity index (χ3v) is 4.04. The van der Waals surface area contributed by atoms with Crippen molar-refractivity contribution >= 4 is 5.91 Å². The van der Waals surface area contributed by atoms with Gasteiger partial charge in [0.25, 0.3) is 0 Å². The highest BCUT2D eigenvalue weighted by Gasteiger charge is 2.11. The van der Waals surface area contributed by atoms with Gasteiger partial charge in [0, 0.05) is 18.5 Å². The Balaban J connectivity index is 1.50. The number of nitrogens with zero attached hydrogens (tertiary/aromatic N) is 2. The van der Waals surface area contributed by atoms with Gasteiger partial charge in [0.05, 0.1) is 20.6 Å². The van der Waals surface area contributed by atoms with Gasteiger partial charge in [0.2, 0.25) is 17.6 Å². The van der Waals surface area contributed by atoms with Crippen molar-refractivity contribution in [3.05, 3.63) is 59.7 Å². The Morgan fingerprint density at radius 2 is 1.86 bits per heavy atom. The van der Waals surface area contributed by atoms with Crippen molar-refractivity contribution in [3.63, 3.8) is 0 Å². The zero-order valence-corrected chi connectivity index (χ0v) is 15.6. The molecule has 1 amide bonds. The van der Waals surface area contributed by atoms with Crippen LogP contribution >= 0.6 is 0 Å². The number of ether oxygens (including phenoxy) is 2. The molecule has 0 saturated carbocycles. The first-order valence-electron chi connectivity index (χ1n) is 8.65. The molecule has 2 aromatic carbocycles. The second-order valence-electron chi connectivity index (χ2n) is 5.98. The third-order valence-electron chi connectivity index (χ3n) is 4.04. The lowest BCUT2D eigenvalue weighted by atomic mass is 10.1. The van der Waals surface area contributed by atoms with E-state index in [9.17, 15) is 9.18 Å². The number of benzene rings is 2. The van der Waals surface area contributed by atoms with Crippen LogP contribution in [0.4, 0.5) is 4.39 Å². The quantitative estimate of drug-likeness (QED) is 0.642. The molecule has 3 aromatic rings. The van der Waals surface area contributed by atoms with Crippen LogP contribution in [-0.4, -0.2) is 36.8 Å². The molecule has 28 heavy (non-hydrogen) atoms. The van der Waals surface area contributed by atoms with E-state index in [1.807, 2.05) is 6.07 Å². The summed E-state index contributed by atoms with van der Waals surface area (Å²) in [4.78, 5) is 16.4. The summed E-state index contributed by atoms with van der Waals surface area (Å²) in [6, 6.07) is 11.2. The third kappa shape index (κ3) is 4.85. The molecule has 0 bridgehead atoms. The summed E-state index contributed by atoms with van der Waals surface area (Å²) in [6.07, 6.45) is 0.608. The van der Waals surface area contributed by atoms with Gasteiger partial charge in [-0.25, -0.2) is 4.39 Å². The molecule has 1 N–H and O–H groups in total. The number of amides is 1. The zero-order valence-electron chi connectivity index (χ0n) is 15.6. The highest BCUT2D eigenvalue weighted by molar-refractivity contribution is 5.78. The van der Waals surface area contributed by atoms with Gasteiger partial charge in [-0.05, 0) is 42.0 Å². The number of rotatable bonds is 8. The first-order chi connectivity index (χ1) is 13.6. The summed E-state index contributed by atoms with van der Waals surface area (Å²) in [5, 5.41) is 6.68. The Labute approximate surface area is 161 Å². The van der Waals surface area contributed by atoms with E-state index in [1.54, 1.807) is 38.5 Å². The van der Waals surface area contributed by atoms with E-state index in [0.717, 1.165) is 5.56 Å². The molecule has 146 valence electrons. The van der Waals surface area contributed by atoms with E-state index in [1.165, 1.54) is 12.1 Å². The minimum Gasteiger partial charge on any atom is -0.493 e. The molecular weight excluding hydrogens is 365 g/mol. The van der Waals surface area contributed by atoms with Gasteiger partial charge in [-0.2, -0.15) is 4.98 Å². The van der Waals surface area contributed by atoms with Crippen molar-refractivity contribution in [1.29, 1.82) is 0 Å². The average molecular weight is 385 g/mol. The van der Waals surface area contributed by atoms with E-state index < -0.39 is 0 Å². The Morgan fingerprint density at radius 1 is 1.11 bits per heavy atom. The van der Waals surface area contributed by atoms with Crippen LogP contribution in [0, 0.1) is 5.82 Å². The van der Waals surface area contributed by atoms with Gasteiger partial charge < -0.3 is 19.3 Å². The maximum atomic E-state index is 13.0. The highest BCUT2D eigenvalue weighted by atomic mass is 19.1. The van der Waals surface area contributed by atoms with Crippen molar-refractivity contribution in [2.24, 2.45) is 0 Å². The van der Waals surface area contributed by atoms with E-state index >= 15 is 0 Å². The summed E-state index contributed by atoms with van der Waals surface area (Å²) in [7, 11) is 3.11. The number of carbonyl (C=O) groups excluding carboxylic acids is 1. The van der Waals surface area contributed by atoms with Gasteiger partial charge in [0.1, 0.15) is 5.82 Å². The number of hydrogen-bond acceptors (Lipinski definition) is 6. The largest absolute Gasteiger partial charge is 0.493 e. The average Bonchev–Trinajstić information content (AvgIpc) is 3.17. The topological polar surface area (TPSA) is 86.5 Å². The summed E-state index contributed by atoms with van der Waals surface area (Å²) >= 11 is 0. The summed E-state index contributed by atoms with van der Waals surface area (Å²) in [5.41, 5.74) is 1.47. The molecule has 0 aliphatic heterocycles. The van der Waals surface area contributed by atoms with Gasteiger partial charge >= 0.3 is 0 Å². The lowest BCUT2D eigenvalue weighted by molar-refractivity contribution is -0.120. The predicted octanol–water partition coefficient (Wildman–Crippen LogP) is 2.79. The highest BCUT2D eigenvalue weighted by Crippen LogP contribution is 2.27. The van der Waals surface area contributed by atoms with Crippen LogP contribution in [0.25, 0.3) is 11.4 Å². The van der Waals surface area contributed by atoms with Crippen molar-refractivity contribution in [2.75, 3.05) is 20.8 Å². The molecule has 1 aromatic heterocycles. The number of aromatic nitrogens is 2. The molecule has 0 unspecified atom stereocenters. The second-order valence-corrected chi connectivity index (χ2v) is 5.98. The van der Waals surface area contributed by atoms with Gasteiger partial charge in [-0.1, -0.05) is 11.2 Å². The van der Waals surface area contributed by atoms with E-state index in [4.69, 9.17) is 14.0 Å². The molecule has 0 aliphatic rings. The minimum atomic E-state index is -0.329. The monoisotopic (exact) mass is 385 g/mol. The fraction of sp³-hybridized carbons (Fsp3) is 0.250. The lowest BCUT2D eigenvalue weighted by Gasteiger charge is -2.09. The van der Waals surface area contributed by atoms with Crippen molar-refractivity contribution in [2.45, 2.75) is 12.8 Å². The fourth-order valence-corrected chi connectivity index (χ4v) is 2.62. The van der Waals surface area contributed by atoms with Crippen molar-refractivity contribution in [1.82, 2.24) is 15.5 Å². The number of carbonyl (C=O) groups is 1. The lowest BCUT2D eigenvalue weighted by Crippen LogP contribution is -2.27. The molecule has 3 rings (SSSR count). The van der Waals surface area contributed by atoms with Crippen molar-refractivity contribution < 1.29 is 23.2 Å². The molecule has 0 radical (unpaired) electrons. The summed E-state index contributed by atoms with van der Waals surface area (Å²) in [6.45, 7) is 0.358. The number of hydrogen-bond donors (Lipinski definition) is 1. The number of nitrogens with one attached hydrogen (secondary N) is 1. The maximum Gasteiger partial charge on any atom is 0.228 e. The van der Waals surface area contributed by atoms with Gasteiger partial charge in [0.15, 0.2) is 11.5 Å². The van der Waals surface area contributed by atoms with Crippen LogP contribution in [0.2, 0.25) is 0 Å². The van der Waals surface area contributed by atoms with E-state index in [-0.39, 0.29) is 18.1 Å². The first-order valence-corrected chi connectivity index (χ1v) is 8.65. The van der Waals surface area contributed by atoms with E-state index in [2.05, 4.69) is 15.5 Å². The zero-order chi connectivity index (χ0) is 19.9. The Bertz CT molecular complexity index is 941. The number of methoxy groups -OCH3 is 2. The molecule has 8 heteroatoms. The predicted molar refractivity (Wildman–Crippen MR) is 99.7 cm³/mol. The smallest absolute Gasteiger partial charge is 0.228 e. The SMILES string of the molecule is COc1ccc(CC(=O)NCCc2nc(-c3ccc(F)cc3)no2)cc1OC. The molecule has 0 fully saturated rings. The number of halogens is 1.